The monoisotopic (exact) mass is 338 g/mol. The first-order chi connectivity index (χ1) is 11.0. The van der Waals surface area contributed by atoms with Crippen molar-refractivity contribution in [3.8, 4) is 0 Å². The Hall–Kier alpha value is -2.11. The van der Waals surface area contributed by atoms with Crippen molar-refractivity contribution >= 4 is 16.8 Å². The van der Waals surface area contributed by atoms with Crippen LogP contribution in [0, 0.1) is 12.3 Å². The molecule has 0 spiro atoms. The Morgan fingerprint density at radius 2 is 1.75 bits per heavy atom. The molecular weight excluding hydrogens is 317 g/mol. The lowest BCUT2D eigenvalue weighted by Crippen LogP contribution is -2.43. The maximum Gasteiger partial charge on any atom is 0.406 e. The Balaban J connectivity index is 2.49. The van der Waals surface area contributed by atoms with E-state index in [2.05, 4.69) is 4.98 Å². The molecule has 2 rings (SSSR count). The second-order valence-electron chi connectivity index (χ2n) is 7.17. The van der Waals surface area contributed by atoms with Crippen LogP contribution in [0.25, 0.3) is 10.9 Å². The molecular formula is C18H21F3N2O. The Labute approximate surface area is 139 Å². The summed E-state index contributed by atoms with van der Waals surface area (Å²) < 4.78 is 38.8. The number of pyridine rings is 1. The molecule has 0 bridgehead atoms. The van der Waals surface area contributed by atoms with Crippen LogP contribution in [-0.2, 0) is 0 Å². The summed E-state index contributed by atoms with van der Waals surface area (Å²) in [7, 11) is 0. The van der Waals surface area contributed by atoms with Crippen molar-refractivity contribution in [3.63, 3.8) is 0 Å². The normalized spacial score (nSPS) is 12.5. The number of alkyl halides is 3. The minimum atomic E-state index is -4.45. The lowest BCUT2D eigenvalue weighted by molar-refractivity contribution is -0.142. The van der Waals surface area contributed by atoms with Crippen molar-refractivity contribution in [1.29, 1.82) is 0 Å². The topological polar surface area (TPSA) is 33.2 Å². The molecule has 0 radical (unpaired) electrons. The summed E-state index contributed by atoms with van der Waals surface area (Å²) in [5.41, 5.74) is 1.01. The molecule has 1 heterocycles. The fourth-order valence-corrected chi connectivity index (χ4v) is 2.64. The summed E-state index contributed by atoms with van der Waals surface area (Å²) in [6.07, 6.45) is -4.45. The molecule has 0 saturated heterocycles. The van der Waals surface area contributed by atoms with Crippen LogP contribution >= 0.6 is 0 Å². The second kappa shape index (κ2) is 6.42. The van der Waals surface area contributed by atoms with Gasteiger partial charge < -0.3 is 4.90 Å². The van der Waals surface area contributed by atoms with Gasteiger partial charge in [-0.2, -0.15) is 13.2 Å². The van der Waals surface area contributed by atoms with E-state index in [4.69, 9.17) is 0 Å². The summed E-state index contributed by atoms with van der Waals surface area (Å²) in [6, 6.07) is 8.53. The summed E-state index contributed by atoms with van der Waals surface area (Å²) in [6.45, 7) is 5.89. The van der Waals surface area contributed by atoms with Crippen LogP contribution in [0.15, 0.2) is 30.3 Å². The zero-order chi connectivity index (χ0) is 18.1. The maximum absolute atomic E-state index is 12.9. The third kappa shape index (κ3) is 4.69. The van der Waals surface area contributed by atoms with Crippen LogP contribution in [0.4, 0.5) is 13.2 Å². The molecule has 0 N–H and O–H groups in total. The molecule has 0 saturated carbocycles. The highest BCUT2D eigenvalue weighted by molar-refractivity contribution is 6.06. The molecule has 1 aromatic heterocycles. The lowest BCUT2D eigenvalue weighted by atomic mass is 9.95. The number of fused-ring (bicyclic) bond motifs is 1. The Morgan fingerprint density at radius 1 is 1.12 bits per heavy atom. The van der Waals surface area contributed by atoms with E-state index in [1.165, 1.54) is 0 Å². The van der Waals surface area contributed by atoms with E-state index in [0.29, 0.717) is 16.6 Å². The van der Waals surface area contributed by atoms with Crippen molar-refractivity contribution in [2.75, 3.05) is 13.1 Å². The van der Waals surface area contributed by atoms with Crippen LogP contribution in [0.3, 0.4) is 0 Å². The van der Waals surface area contributed by atoms with Gasteiger partial charge >= 0.3 is 6.18 Å². The number of carbonyl (C=O) groups excluding carboxylic acids is 1. The van der Waals surface area contributed by atoms with Crippen molar-refractivity contribution in [1.82, 2.24) is 9.88 Å². The van der Waals surface area contributed by atoms with Crippen molar-refractivity contribution in [3.05, 3.63) is 41.6 Å². The van der Waals surface area contributed by atoms with Gasteiger partial charge in [0.2, 0.25) is 0 Å². The molecule has 0 unspecified atom stereocenters. The van der Waals surface area contributed by atoms with Crippen LogP contribution in [0.1, 0.15) is 36.8 Å². The van der Waals surface area contributed by atoms with E-state index in [1.54, 1.807) is 58.0 Å². The molecule has 0 atom stereocenters. The maximum atomic E-state index is 12.9. The average molecular weight is 338 g/mol. The number of carbonyl (C=O) groups is 1. The number of nitrogens with zero attached hydrogens (tertiary/aromatic N) is 2. The summed E-state index contributed by atoms with van der Waals surface area (Å²) in [4.78, 5) is 18.1. The minimum absolute atomic E-state index is 0.0149. The van der Waals surface area contributed by atoms with Gasteiger partial charge in [0.1, 0.15) is 6.54 Å². The average Bonchev–Trinajstić information content (AvgIpc) is 2.41. The minimum Gasteiger partial charge on any atom is -0.329 e. The van der Waals surface area contributed by atoms with E-state index < -0.39 is 24.0 Å². The van der Waals surface area contributed by atoms with Crippen LogP contribution in [-0.4, -0.2) is 35.1 Å². The molecule has 1 amide bonds. The number of benzene rings is 1. The van der Waals surface area contributed by atoms with E-state index in [1.807, 2.05) is 0 Å². The highest BCUT2D eigenvalue weighted by Crippen LogP contribution is 2.25. The third-order valence-electron chi connectivity index (χ3n) is 3.40. The predicted octanol–water partition coefficient (Wildman–Crippen LogP) is 4.59. The first-order valence-corrected chi connectivity index (χ1v) is 7.69. The van der Waals surface area contributed by atoms with Gasteiger partial charge in [0.05, 0.1) is 11.1 Å². The van der Waals surface area contributed by atoms with Crippen molar-refractivity contribution in [2.24, 2.45) is 5.41 Å². The largest absolute Gasteiger partial charge is 0.406 e. The molecule has 1 aromatic carbocycles. The number of aromatic nitrogens is 1. The lowest BCUT2D eigenvalue weighted by Gasteiger charge is -2.31. The Morgan fingerprint density at radius 3 is 2.33 bits per heavy atom. The predicted molar refractivity (Wildman–Crippen MR) is 87.9 cm³/mol. The molecule has 3 nitrogen and oxygen atoms in total. The highest BCUT2D eigenvalue weighted by atomic mass is 19.4. The summed E-state index contributed by atoms with van der Waals surface area (Å²) >= 11 is 0. The molecule has 6 heteroatoms. The molecule has 0 aliphatic rings. The van der Waals surface area contributed by atoms with Gasteiger partial charge in [0.15, 0.2) is 0 Å². The van der Waals surface area contributed by atoms with E-state index in [9.17, 15) is 18.0 Å². The van der Waals surface area contributed by atoms with E-state index in [0.717, 1.165) is 4.90 Å². The first kappa shape index (κ1) is 18.2. The number of hydrogen-bond donors (Lipinski definition) is 0. The molecule has 2 aromatic rings. The first-order valence-electron chi connectivity index (χ1n) is 7.69. The van der Waals surface area contributed by atoms with E-state index >= 15 is 0 Å². The number of halogens is 3. The van der Waals surface area contributed by atoms with Crippen LogP contribution < -0.4 is 0 Å². The number of rotatable bonds is 3. The van der Waals surface area contributed by atoms with Gasteiger partial charge in [-0.15, -0.1) is 0 Å². The Kier molecular flexibility index (Phi) is 4.87. The van der Waals surface area contributed by atoms with Gasteiger partial charge in [0, 0.05) is 17.6 Å². The number of hydrogen-bond acceptors (Lipinski definition) is 2. The summed E-state index contributed by atoms with van der Waals surface area (Å²) in [5.74, 6) is -0.621. The molecule has 130 valence electrons. The quantitative estimate of drug-likeness (QED) is 0.820. The van der Waals surface area contributed by atoms with Crippen LogP contribution in [0.5, 0.6) is 0 Å². The molecule has 0 fully saturated rings. The number of aryl methyl sites for hydroxylation is 1. The van der Waals surface area contributed by atoms with Crippen molar-refractivity contribution < 1.29 is 18.0 Å². The molecule has 24 heavy (non-hydrogen) atoms. The van der Waals surface area contributed by atoms with Gasteiger partial charge in [-0.1, -0.05) is 39.0 Å². The van der Waals surface area contributed by atoms with Crippen LogP contribution in [0.2, 0.25) is 0 Å². The second-order valence-corrected chi connectivity index (χ2v) is 7.17. The van der Waals surface area contributed by atoms with E-state index in [-0.39, 0.29) is 12.1 Å². The SMILES string of the molecule is Cc1cc(C(=O)N(CC(C)(C)C)CC(F)(F)F)c2ccccc2n1. The Bertz CT molecular complexity index is 732. The van der Waals surface area contributed by atoms with Crippen molar-refractivity contribution in [2.45, 2.75) is 33.9 Å². The zero-order valence-corrected chi connectivity index (χ0v) is 14.2. The number of para-hydroxylation sites is 1. The highest BCUT2D eigenvalue weighted by Gasteiger charge is 2.35. The van der Waals surface area contributed by atoms with Gasteiger partial charge in [-0.25, -0.2) is 0 Å². The fourth-order valence-electron chi connectivity index (χ4n) is 2.64. The standard InChI is InChI=1S/C18H21F3N2O/c1-12-9-14(13-7-5-6-8-15(13)22-12)16(24)23(10-17(2,3)4)11-18(19,20)21/h5-9H,10-11H2,1-4H3. The molecule has 0 aliphatic heterocycles. The third-order valence-corrected chi connectivity index (χ3v) is 3.40. The molecule has 0 aliphatic carbocycles. The van der Waals surface area contributed by atoms with Gasteiger partial charge in [0.25, 0.3) is 5.91 Å². The smallest absolute Gasteiger partial charge is 0.329 e. The number of amides is 1. The fraction of sp³-hybridized carbons (Fsp3) is 0.444. The van der Waals surface area contributed by atoms with Gasteiger partial charge in [-0.05, 0) is 24.5 Å². The van der Waals surface area contributed by atoms with Gasteiger partial charge in [-0.3, -0.25) is 9.78 Å². The summed E-state index contributed by atoms with van der Waals surface area (Å²) in [5, 5.41) is 0.564. The zero-order valence-electron chi connectivity index (χ0n) is 14.2.